The minimum absolute atomic E-state index is 0.0636. The lowest BCUT2D eigenvalue weighted by Crippen LogP contribution is -2.53. The van der Waals surface area contributed by atoms with Gasteiger partial charge in [-0.25, -0.2) is 0 Å². The summed E-state index contributed by atoms with van der Waals surface area (Å²) >= 11 is 0. The molecule has 1 aliphatic rings. The van der Waals surface area contributed by atoms with Gasteiger partial charge < -0.3 is 29.9 Å². The number of amides is 3. The van der Waals surface area contributed by atoms with Crippen molar-refractivity contribution in [3.8, 4) is 22.5 Å². The van der Waals surface area contributed by atoms with Crippen LogP contribution in [0.1, 0.15) is 60.1 Å². The molecule has 214 valence electrons. The summed E-state index contributed by atoms with van der Waals surface area (Å²) in [5, 5.41) is 6.69. The van der Waals surface area contributed by atoms with E-state index in [0.717, 1.165) is 48.6 Å². The zero-order valence-corrected chi connectivity index (χ0v) is 23.3. The number of primary amides is 1. The van der Waals surface area contributed by atoms with Crippen LogP contribution in [-0.4, -0.2) is 43.5 Å². The quantitative estimate of drug-likeness (QED) is 0.242. The van der Waals surface area contributed by atoms with E-state index in [4.69, 9.17) is 19.3 Å². The average Bonchev–Trinajstić information content (AvgIpc) is 3.62. The Hall–Kier alpha value is -4.37. The van der Waals surface area contributed by atoms with Gasteiger partial charge in [0.2, 0.25) is 5.91 Å². The van der Waals surface area contributed by atoms with Crippen molar-refractivity contribution >= 4 is 28.7 Å². The fourth-order valence-corrected chi connectivity index (χ4v) is 5.62. The van der Waals surface area contributed by atoms with Crippen molar-refractivity contribution < 1.29 is 28.0 Å². The number of furan rings is 2. The lowest BCUT2D eigenvalue weighted by molar-refractivity contribution is -0.125. The van der Waals surface area contributed by atoms with Gasteiger partial charge in [0.05, 0.1) is 6.61 Å². The first-order chi connectivity index (χ1) is 19.9. The largest absolute Gasteiger partial charge is 0.451 e. The Morgan fingerprint density at radius 3 is 2.34 bits per heavy atom. The number of methoxy groups -OCH3 is 1. The van der Waals surface area contributed by atoms with Crippen LogP contribution in [0, 0.1) is 5.92 Å². The van der Waals surface area contributed by atoms with Crippen molar-refractivity contribution in [2.75, 3.05) is 13.7 Å². The van der Waals surface area contributed by atoms with Crippen LogP contribution in [-0.2, 0) is 9.53 Å². The molecule has 2 heterocycles. The van der Waals surface area contributed by atoms with Gasteiger partial charge in [0.15, 0.2) is 11.5 Å². The SMILES string of the molecule is COCC(C)NC(=O)[C@@H](NC(=O)c1ccc(-c2ccc(-c3c(C(N)=O)oc4ccccc34)cc2)o1)C1CCCCC1. The highest BCUT2D eigenvalue weighted by molar-refractivity contribution is 6.07. The summed E-state index contributed by atoms with van der Waals surface area (Å²) in [7, 11) is 1.59. The van der Waals surface area contributed by atoms with E-state index in [1.807, 2.05) is 49.4 Å². The van der Waals surface area contributed by atoms with Crippen molar-refractivity contribution in [3.63, 3.8) is 0 Å². The molecule has 0 spiro atoms. The Morgan fingerprint density at radius 2 is 1.63 bits per heavy atom. The molecule has 0 radical (unpaired) electrons. The van der Waals surface area contributed by atoms with Crippen molar-refractivity contribution in [1.82, 2.24) is 10.6 Å². The topological polar surface area (TPSA) is 137 Å². The molecule has 41 heavy (non-hydrogen) atoms. The number of carbonyl (C=O) groups excluding carboxylic acids is 3. The molecule has 0 aliphatic heterocycles. The summed E-state index contributed by atoms with van der Waals surface area (Å²) in [5.41, 5.74) is 8.31. The number of ether oxygens (including phenoxy) is 1. The molecule has 1 aliphatic carbocycles. The van der Waals surface area contributed by atoms with Gasteiger partial charge in [-0.05, 0) is 49.4 Å². The molecular formula is C32H35N3O6. The zero-order chi connectivity index (χ0) is 28.9. The first-order valence-corrected chi connectivity index (χ1v) is 14.0. The van der Waals surface area contributed by atoms with Crippen LogP contribution in [0.25, 0.3) is 33.4 Å². The van der Waals surface area contributed by atoms with Gasteiger partial charge in [-0.2, -0.15) is 0 Å². The van der Waals surface area contributed by atoms with Gasteiger partial charge in [0.25, 0.3) is 11.8 Å². The summed E-state index contributed by atoms with van der Waals surface area (Å²) in [6.07, 6.45) is 4.98. The van der Waals surface area contributed by atoms with Gasteiger partial charge in [0, 0.05) is 29.7 Å². The lowest BCUT2D eigenvalue weighted by atomic mass is 9.83. The minimum atomic E-state index is -0.654. The molecule has 4 N–H and O–H groups in total. The summed E-state index contributed by atoms with van der Waals surface area (Å²) in [4.78, 5) is 38.4. The molecule has 2 atom stereocenters. The van der Waals surface area contributed by atoms with E-state index in [1.165, 1.54) is 0 Å². The number of hydrogen-bond donors (Lipinski definition) is 3. The van der Waals surface area contributed by atoms with Crippen LogP contribution in [0.4, 0.5) is 0 Å². The second-order valence-electron chi connectivity index (χ2n) is 10.6. The van der Waals surface area contributed by atoms with Crippen molar-refractivity contribution in [2.45, 2.75) is 51.1 Å². The van der Waals surface area contributed by atoms with Gasteiger partial charge >= 0.3 is 0 Å². The fourth-order valence-electron chi connectivity index (χ4n) is 5.62. The van der Waals surface area contributed by atoms with E-state index in [0.29, 0.717) is 23.5 Å². The van der Waals surface area contributed by atoms with E-state index in [1.54, 1.807) is 25.3 Å². The van der Waals surface area contributed by atoms with Crippen LogP contribution in [0.15, 0.2) is 69.5 Å². The standard InChI is InChI=1S/C32H35N3O6/c1-19(18-39-2)34-32(38)28(22-8-4-3-5-9-22)35-31(37)26-17-16-24(40-26)20-12-14-21(15-13-20)27-23-10-6-7-11-25(23)41-29(27)30(33)36/h6-7,10-17,19,22,28H,3-5,8-9,18H2,1-2H3,(H2,33,36)(H,34,38)(H,35,37)/t19?,28-/m0/s1. The van der Waals surface area contributed by atoms with Gasteiger partial charge in [-0.3, -0.25) is 14.4 Å². The van der Waals surface area contributed by atoms with Gasteiger partial charge in [-0.1, -0.05) is 61.7 Å². The number of benzene rings is 2. The molecule has 0 bridgehead atoms. The number of hydrogen-bond acceptors (Lipinski definition) is 6. The first kappa shape index (κ1) is 28.2. The van der Waals surface area contributed by atoms with E-state index in [2.05, 4.69) is 10.6 Å². The molecule has 2 aromatic heterocycles. The molecular weight excluding hydrogens is 522 g/mol. The summed E-state index contributed by atoms with van der Waals surface area (Å²) in [5.74, 6) is -0.498. The second kappa shape index (κ2) is 12.4. The van der Waals surface area contributed by atoms with E-state index in [-0.39, 0.29) is 29.4 Å². The monoisotopic (exact) mass is 557 g/mol. The maximum Gasteiger partial charge on any atom is 0.287 e. The number of carbonyl (C=O) groups is 3. The van der Waals surface area contributed by atoms with Crippen LogP contribution >= 0.6 is 0 Å². The number of rotatable bonds is 10. The Kier molecular flexibility index (Phi) is 8.54. The van der Waals surface area contributed by atoms with Crippen molar-refractivity contribution in [3.05, 3.63) is 72.2 Å². The fraction of sp³-hybridized carbons (Fsp3) is 0.344. The van der Waals surface area contributed by atoms with Crippen LogP contribution in [0.5, 0.6) is 0 Å². The smallest absolute Gasteiger partial charge is 0.287 e. The Bertz CT molecular complexity index is 1530. The third-order valence-corrected chi connectivity index (χ3v) is 7.60. The molecule has 1 fully saturated rings. The highest BCUT2D eigenvalue weighted by Gasteiger charge is 2.32. The maximum absolute atomic E-state index is 13.2. The van der Waals surface area contributed by atoms with Crippen LogP contribution < -0.4 is 16.4 Å². The molecule has 9 nitrogen and oxygen atoms in total. The highest BCUT2D eigenvalue weighted by Crippen LogP contribution is 2.36. The molecule has 2 aromatic carbocycles. The van der Waals surface area contributed by atoms with Crippen molar-refractivity contribution in [2.24, 2.45) is 11.7 Å². The Labute approximate surface area is 238 Å². The number of para-hydroxylation sites is 1. The van der Waals surface area contributed by atoms with Crippen LogP contribution in [0.3, 0.4) is 0 Å². The summed E-state index contributed by atoms with van der Waals surface area (Å²) in [6.45, 7) is 2.26. The van der Waals surface area contributed by atoms with Gasteiger partial charge in [-0.15, -0.1) is 0 Å². The van der Waals surface area contributed by atoms with Crippen molar-refractivity contribution in [1.29, 1.82) is 0 Å². The summed E-state index contributed by atoms with van der Waals surface area (Å²) in [6, 6.07) is 17.3. The third kappa shape index (κ3) is 6.20. The lowest BCUT2D eigenvalue weighted by Gasteiger charge is -2.30. The number of fused-ring (bicyclic) bond motifs is 1. The third-order valence-electron chi connectivity index (χ3n) is 7.60. The number of nitrogens with one attached hydrogen (secondary N) is 2. The van der Waals surface area contributed by atoms with E-state index in [9.17, 15) is 14.4 Å². The molecule has 3 amide bonds. The van der Waals surface area contributed by atoms with E-state index < -0.39 is 17.9 Å². The predicted octanol–water partition coefficient (Wildman–Crippen LogP) is 5.29. The molecule has 1 unspecified atom stereocenters. The normalized spacial score (nSPS) is 15.4. The zero-order valence-electron chi connectivity index (χ0n) is 23.3. The Morgan fingerprint density at radius 1 is 0.927 bits per heavy atom. The first-order valence-electron chi connectivity index (χ1n) is 14.0. The molecule has 9 heteroatoms. The maximum atomic E-state index is 13.2. The second-order valence-corrected chi connectivity index (χ2v) is 10.6. The molecule has 5 rings (SSSR count). The minimum Gasteiger partial charge on any atom is -0.451 e. The predicted molar refractivity (Wildman–Crippen MR) is 155 cm³/mol. The molecule has 4 aromatic rings. The Balaban J connectivity index is 1.34. The van der Waals surface area contributed by atoms with Crippen LogP contribution in [0.2, 0.25) is 0 Å². The van der Waals surface area contributed by atoms with Gasteiger partial charge in [0.1, 0.15) is 17.4 Å². The average molecular weight is 558 g/mol. The highest BCUT2D eigenvalue weighted by atomic mass is 16.5. The van der Waals surface area contributed by atoms with E-state index >= 15 is 0 Å². The molecule has 0 saturated heterocycles. The number of nitrogens with two attached hydrogens (primary N) is 1. The molecule has 1 saturated carbocycles. The summed E-state index contributed by atoms with van der Waals surface area (Å²) < 4.78 is 16.8.